The maximum atomic E-state index is 12.1. The lowest BCUT2D eigenvalue weighted by atomic mass is 10.4. The van der Waals surface area contributed by atoms with Crippen LogP contribution in [0.5, 0.6) is 0 Å². The predicted molar refractivity (Wildman–Crippen MR) is 72.6 cm³/mol. The molecule has 21 heavy (non-hydrogen) atoms. The van der Waals surface area contributed by atoms with Gasteiger partial charge in [-0.3, -0.25) is 4.90 Å². The molecule has 0 amide bonds. The van der Waals surface area contributed by atoms with Crippen LogP contribution in [0.3, 0.4) is 0 Å². The summed E-state index contributed by atoms with van der Waals surface area (Å²) in [7, 11) is -2.40. The van der Waals surface area contributed by atoms with Gasteiger partial charge in [0.15, 0.2) is 0 Å². The summed E-state index contributed by atoms with van der Waals surface area (Å²) >= 11 is 5.55. The van der Waals surface area contributed by atoms with Gasteiger partial charge >= 0.3 is 6.18 Å². The zero-order chi connectivity index (χ0) is 16.1. The van der Waals surface area contributed by atoms with Crippen molar-refractivity contribution < 1.29 is 21.6 Å². The number of nitrogens with zero attached hydrogens (tertiary/aromatic N) is 2. The molecule has 0 aliphatic carbocycles. The maximum Gasteiger partial charge on any atom is 0.401 e. The van der Waals surface area contributed by atoms with Gasteiger partial charge in [-0.05, 0) is 32.1 Å². The third-order valence-corrected chi connectivity index (χ3v) is 4.14. The van der Waals surface area contributed by atoms with Crippen LogP contribution in [0.25, 0.3) is 0 Å². The van der Waals surface area contributed by atoms with Crippen LogP contribution < -0.4 is 4.72 Å². The van der Waals surface area contributed by atoms with Crippen LogP contribution in [0.2, 0.25) is 5.15 Å². The highest BCUT2D eigenvalue weighted by Gasteiger charge is 2.28. The number of alkyl halides is 3. The smallest absolute Gasteiger partial charge is 0.298 e. The second-order valence-corrected chi connectivity index (χ2v) is 6.58. The molecule has 1 aromatic rings. The molecular weight excluding hydrogens is 331 g/mol. The Morgan fingerprint density at radius 1 is 1.38 bits per heavy atom. The normalized spacial score (nSPS) is 12.9. The number of hydrogen-bond donors (Lipinski definition) is 1. The van der Waals surface area contributed by atoms with Crippen molar-refractivity contribution in [2.45, 2.75) is 17.5 Å². The lowest BCUT2D eigenvalue weighted by Crippen LogP contribution is -2.33. The number of nitrogens with one attached hydrogen (secondary N) is 1. The van der Waals surface area contributed by atoms with E-state index in [-0.39, 0.29) is 29.6 Å². The van der Waals surface area contributed by atoms with Crippen molar-refractivity contribution in [3.63, 3.8) is 0 Å². The topological polar surface area (TPSA) is 62.3 Å². The van der Waals surface area contributed by atoms with Crippen molar-refractivity contribution in [3.05, 3.63) is 23.5 Å². The Labute approximate surface area is 126 Å². The molecule has 0 unspecified atom stereocenters. The number of aromatic nitrogens is 1. The van der Waals surface area contributed by atoms with Crippen LogP contribution in [0.4, 0.5) is 13.2 Å². The molecule has 0 aliphatic rings. The average Bonchev–Trinajstić information content (AvgIpc) is 2.33. The van der Waals surface area contributed by atoms with E-state index in [9.17, 15) is 21.6 Å². The van der Waals surface area contributed by atoms with Crippen LogP contribution in [-0.2, 0) is 10.0 Å². The van der Waals surface area contributed by atoms with Crippen molar-refractivity contribution in [3.8, 4) is 0 Å². The van der Waals surface area contributed by atoms with Crippen LogP contribution in [-0.4, -0.2) is 51.2 Å². The van der Waals surface area contributed by atoms with E-state index in [0.717, 1.165) is 11.1 Å². The highest BCUT2D eigenvalue weighted by Crippen LogP contribution is 2.15. The Kier molecular flexibility index (Phi) is 6.39. The van der Waals surface area contributed by atoms with Crippen LogP contribution in [0.15, 0.2) is 23.2 Å². The van der Waals surface area contributed by atoms with Gasteiger partial charge in [-0.15, -0.1) is 0 Å². The van der Waals surface area contributed by atoms with E-state index in [1.165, 1.54) is 19.2 Å². The molecule has 10 heteroatoms. The average molecular weight is 346 g/mol. The largest absolute Gasteiger partial charge is 0.401 e. The Balaban J connectivity index is 2.40. The van der Waals surface area contributed by atoms with Crippen LogP contribution >= 0.6 is 11.6 Å². The molecule has 0 atom stereocenters. The number of pyridine rings is 1. The minimum absolute atomic E-state index is 0.0349. The summed E-state index contributed by atoms with van der Waals surface area (Å²) in [5, 5.41) is 0.169. The third kappa shape index (κ3) is 7.07. The molecule has 0 spiro atoms. The summed E-state index contributed by atoms with van der Waals surface area (Å²) < 4.78 is 62.2. The van der Waals surface area contributed by atoms with E-state index >= 15 is 0 Å². The lowest BCUT2D eigenvalue weighted by molar-refractivity contribution is -0.143. The van der Waals surface area contributed by atoms with Gasteiger partial charge in [0.05, 0.1) is 6.54 Å². The number of halogens is 4. The molecule has 0 bridgehead atoms. The number of sulfonamides is 1. The van der Waals surface area contributed by atoms with E-state index < -0.39 is 22.7 Å². The molecule has 1 aromatic heterocycles. The molecule has 0 saturated heterocycles. The van der Waals surface area contributed by atoms with Crippen molar-refractivity contribution in [1.82, 2.24) is 14.6 Å². The zero-order valence-corrected chi connectivity index (χ0v) is 12.8. The van der Waals surface area contributed by atoms with E-state index in [2.05, 4.69) is 9.71 Å². The molecule has 0 fully saturated rings. The second-order valence-electron chi connectivity index (χ2n) is 4.42. The maximum absolute atomic E-state index is 12.1. The van der Waals surface area contributed by atoms with E-state index in [1.54, 1.807) is 0 Å². The summed E-state index contributed by atoms with van der Waals surface area (Å²) in [5.41, 5.74) is 0. The first-order valence-corrected chi connectivity index (χ1v) is 7.83. The van der Waals surface area contributed by atoms with Gasteiger partial charge in [-0.25, -0.2) is 18.1 Å². The fraction of sp³-hybridized carbons (Fsp3) is 0.545. The number of rotatable bonds is 7. The first-order chi connectivity index (χ1) is 9.60. The van der Waals surface area contributed by atoms with Gasteiger partial charge in [0.25, 0.3) is 0 Å². The Bertz CT molecular complexity index is 549. The van der Waals surface area contributed by atoms with Gasteiger partial charge in [0.1, 0.15) is 10.0 Å². The molecule has 0 saturated carbocycles. The standard InChI is InChI=1S/C11H15ClF3N3O2S/c1-18(8-11(13,14)15)6-2-5-17-21(19,20)9-3-4-10(12)16-7-9/h3-4,7,17H,2,5-6,8H2,1H3. The van der Waals surface area contributed by atoms with Crippen molar-refractivity contribution >= 4 is 21.6 Å². The molecule has 5 nitrogen and oxygen atoms in total. The number of hydrogen-bond acceptors (Lipinski definition) is 4. The molecular formula is C11H15ClF3N3O2S. The Hall–Kier alpha value is -0.900. The summed E-state index contributed by atoms with van der Waals surface area (Å²) in [5.74, 6) is 0. The summed E-state index contributed by atoms with van der Waals surface area (Å²) in [4.78, 5) is 4.69. The van der Waals surface area contributed by atoms with Crippen LogP contribution in [0, 0.1) is 0 Å². The van der Waals surface area contributed by atoms with Gasteiger partial charge in [0.2, 0.25) is 10.0 Å². The summed E-state index contributed by atoms with van der Waals surface area (Å²) in [6.07, 6.45) is -2.89. The Morgan fingerprint density at radius 3 is 2.57 bits per heavy atom. The zero-order valence-electron chi connectivity index (χ0n) is 11.2. The fourth-order valence-electron chi connectivity index (χ4n) is 1.55. The minimum atomic E-state index is -4.26. The molecule has 1 heterocycles. The first kappa shape index (κ1) is 18.1. The molecule has 120 valence electrons. The molecule has 1 rings (SSSR count). The van der Waals surface area contributed by atoms with Gasteiger partial charge in [-0.2, -0.15) is 13.2 Å². The quantitative estimate of drug-likeness (QED) is 0.605. The monoisotopic (exact) mass is 345 g/mol. The second kappa shape index (κ2) is 7.39. The molecule has 0 aromatic carbocycles. The van der Waals surface area contributed by atoms with E-state index in [1.807, 2.05) is 0 Å². The molecule has 0 aliphatic heterocycles. The van der Waals surface area contributed by atoms with Crippen LogP contribution in [0.1, 0.15) is 6.42 Å². The van der Waals surface area contributed by atoms with Crippen molar-refractivity contribution in [2.24, 2.45) is 0 Å². The van der Waals surface area contributed by atoms with E-state index in [4.69, 9.17) is 11.6 Å². The molecule has 1 N–H and O–H groups in total. The van der Waals surface area contributed by atoms with E-state index in [0.29, 0.717) is 0 Å². The Morgan fingerprint density at radius 2 is 2.05 bits per heavy atom. The van der Waals surface area contributed by atoms with Gasteiger partial charge < -0.3 is 0 Å². The van der Waals surface area contributed by atoms with Gasteiger partial charge in [0, 0.05) is 12.7 Å². The van der Waals surface area contributed by atoms with Crippen molar-refractivity contribution in [1.29, 1.82) is 0 Å². The summed E-state index contributed by atoms with van der Waals surface area (Å²) in [6.45, 7) is -0.866. The fourth-order valence-corrected chi connectivity index (χ4v) is 2.68. The highest BCUT2D eigenvalue weighted by molar-refractivity contribution is 7.89. The summed E-state index contributed by atoms with van der Waals surface area (Å²) in [6, 6.07) is 2.64. The van der Waals surface area contributed by atoms with Crippen molar-refractivity contribution in [2.75, 3.05) is 26.7 Å². The highest BCUT2D eigenvalue weighted by atomic mass is 35.5. The predicted octanol–water partition coefficient (Wildman–Crippen LogP) is 1.90. The third-order valence-electron chi connectivity index (χ3n) is 2.47. The SMILES string of the molecule is CN(CCCNS(=O)(=O)c1ccc(Cl)nc1)CC(F)(F)F. The molecule has 0 radical (unpaired) electrons. The van der Waals surface area contributed by atoms with Gasteiger partial charge in [-0.1, -0.05) is 11.6 Å². The minimum Gasteiger partial charge on any atom is -0.298 e. The first-order valence-electron chi connectivity index (χ1n) is 5.97. The lowest BCUT2D eigenvalue weighted by Gasteiger charge is -2.18.